The summed E-state index contributed by atoms with van der Waals surface area (Å²) in [5.74, 6) is -1.68. The van der Waals surface area contributed by atoms with E-state index < -0.39 is 23.9 Å². The predicted octanol–water partition coefficient (Wildman–Crippen LogP) is -1.09. The quantitative estimate of drug-likeness (QED) is 0.421. The van der Waals surface area contributed by atoms with Crippen LogP contribution < -0.4 is 16.0 Å². The number of hydrogen-bond acceptors (Lipinski definition) is 5. The number of imide groups is 1. The molecule has 0 aromatic rings. The van der Waals surface area contributed by atoms with Crippen molar-refractivity contribution in [2.75, 3.05) is 11.5 Å². The Balaban J connectivity index is 2.15. The number of thioether (sulfide) groups is 1. The normalized spacial score (nSPS) is 15.2. The zero-order valence-electron chi connectivity index (χ0n) is 10.0. The lowest BCUT2D eigenvalue weighted by atomic mass is 10.3. The van der Waals surface area contributed by atoms with Gasteiger partial charge in [0.2, 0.25) is 12.3 Å². The second kappa shape index (κ2) is 7.62. The van der Waals surface area contributed by atoms with Gasteiger partial charge in [-0.3, -0.25) is 14.9 Å². The number of carbonyl (C=O) groups excluding carboxylic acids is 3. The highest BCUT2D eigenvalue weighted by Gasteiger charge is 2.24. The molecule has 4 N–H and O–H groups in total. The largest absolute Gasteiger partial charge is 0.480 e. The first kappa shape index (κ1) is 15.3. The number of carboxylic acid groups (broad SMARTS) is 1. The summed E-state index contributed by atoms with van der Waals surface area (Å²) >= 11 is 1.02. The number of hydrogen-bond donors (Lipinski definition) is 4. The first-order valence-electron chi connectivity index (χ1n) is 5.63. The van der Waals surface area contributed by atoms with E-state index in [0.717, 1.165) is 24.6 Å². The molecule has 4 amide bonds. The van der Waals surface area contributed by atoms with E-state index in [-0.39, 0.29) is 17.5 Å². The average molecular weight is 289 g/mol. The van der Waals surface area contributed by atoms with Crippen LogP contribution in [0.3, 0.4) is 0 Å². The second-order valence-corrected chi connectivity index (χ2v) is 5.02. The van der Waals surface area contributed by atoms with Crippen LogP contribution in [0, 0.1) is 0 Å². The minimum Gasteiger partial charge on any atom is -0.480 e. The second-order valence-electron chi connectivity index (χ2n) is 3.99. The van der Waals surface area contributed by atoms with Gasteiger partial charge in [0.05, 0.1) is 5.75 Å². The zero-order valence-corrected chi connectivity index (χ0v) is 10.9. The fourth-order valence-corrected chi connectivity index (χ4v) is 2.00. The summed E-state index contributed by atoms with van der Waals surface area (Å²) in [6, 6.07) is -1.42. The molecule has 1 aliphatic carbocycles. The Morgan fingerprint density at radius 3 is 2.58 bits per heavy atom. The molecule has 1 fully saturated rings. The lowest BCUT2D eigenvalue weighted by molar-refractivity contribution is -0.139. The minimum absolute atomic E-state index is 0.0474. The summed E-state index contributed by atoms with van der Waals surface area (Å²) in [5.41, 5.74) is 0. The summed E-state index contributed by atoms with van der Waals surface area (Å²) in [6.07, 6.45) is 2.14. The molecule has 1 rings (SSSR count). The van der Waals surface area contributed by atoms with Gasteiger partial charge in [0, 0.05) is 11.8 Å². The number of nitrogens with one attached hydrogen (secondary N) is 3. The van der Waals surface area contributed by atoms with Crippen LogP contribution in [0.5, 0.6) is 0 Å². The molecule has 1 saturated carbocycles. The van der Waals surface area contributed by atoms with Crippen LogP contribution in [0.25, 0.3) is 0 Å². The van der Waals surface area contributed by atoms with E-state index in [9.17, 15) is 19.2 Å². The Bertz CT molecular complexity index is 372. The van der Waals surface area contributed by atoms with Crippen LogP contribution in [0.15, 0.2) is 0 Å². The van der Waals surface area contributed by atoms with Crippen LogP contribution in [0.1, 0.15) is 12.8 Å². The van der Waals surface area contributed by atoms with Gasteiger partial charge in [-0.05, 0) is 12.8 Å². The number of aliphatic carboxylic acids is 1. The fourth-order valence-electron chi connectivity index (χ4n) is 1.15. The summed E-state index contributed by atoms with van der Waals surface area (Å²) in [4.78, 5) is 43.4. The van der Waals surface area contributed by atoms with Gasteiger partial charge in [-0.25, -0.2) is 9.59 Å². The number of carboxylic acids is 1. The average Bonchev–Trinajstić information content (AvgIpc) is 3.11. The van der Waals surface area contributed by atoms with E-state index in [0.29, 0.717) is 6.41 Å². The SMILES string of the molecule is O=CNC(CSCC(=O)NC(=O)NC1CC1)C(=O)O. The lowest BCUT2D eigenvalue weighted by Crippen LogP contribution is -2.42. The molecule has 0 aliphatic heterocycles. The first-order valence-corrected chi connectivity index (χ1v) is 6.79. The van der Waals surface area contributed by atoms with E-state index in [1.54, 1.807) is 0 Å². The van der Waals surface area contributed by atoms with Crippen molar-refractivity contribution in [3.8, 4) is 0 Å². The van der Waals surface area contributed by atoms with E-state index >= 15 is 0 Å². The van der Waals surface area contributed by atoms with Crippen molar-refractivity contribution in [2.45, 2.75) is 24.9 Å². The maximum atomic E-state index is 11.3. The molecule has 1 unspecified atom stereocenters. The molecule has 0 heterocycles. The zero-order chi connectivity index (χ0) is 14.3. The fraction of sp³-hybridized carbons (Fsp3) is 0.600. The molecule has 1 aliphatic rings. The van der Waals surface area contributed by atoms with Crippen molar-refractivity contribution in [3.63, 3.8) is 0 Å². The van der Waals surface area contributed by atoms with Gasteiger partial charge in [-0.2, -0.15) is 0 Å². The van der Waals surface area contributed by atoms with Crippen molar-refractivity contribution in [1.29, 1.82) is 0 Å². The highest BCUT2D eigenvalue weighted by molar-refractivity contribution is 8.00. The van der Waals surface area contributed by atoms with Crippen molar-refractivity contribution in [3.05, 3.63) is 0 Å². The third-order valence-electron chi connectivity index (χ3n) is 2.25. The standard InChI is InChI=1S/C10H15N3O5S/c14-5-11-7(9(16)17)3-19-4-8(15)13-10(18)12-6-1-2-6/h5-7H,1-4H2,(H,11,14)(H,16,17)(H2,12,13,15,18). The highest BCUT2D eigenvalue weighted by atomic mass is 32.2. The van der Waals surface area contributed by atoms with Crippen LogP contribution in [-0.4, -0.2) is 53.0 Å². The minimum atomic E-state index is -1.17. The highest BCUT2D eigenvalue weighted by Crippen LogP contribution is 2.18. The summed E-state index contributed by atoms with van der Waals surface area (Å²) in [6.45, 7) is 0. The van der Waals surface area contributed by atoms with Crippen molar-refractivity contribution >= 4 is 36.1 Å². The van der Waals surface area contributed by atoms with Crippen molar-refractivity contribution < 1.29 is 24.3 Å². The van der Waals surface area contributed by atoms with Crippen molar-refractivity contribution in [2.24, 2.45) is 0 Å². The van der Waals surface area contributed by atoms with Gasteiger partial charge in [-0.15, -0.1) is 11.8 Å². The number of carbonyl (C=O) groups is 4. The molecule has 0 aromatic heterocycles. The topological polar surface area (TPSA) is 125 Å². The van der Waals surface area contributed by atoms with Gasteiger partial charge in [0.25, 0.3) is 0 Å². The monoisotopic (exact) mass is 289 g/mol. The Hall–Kier alpha value is -1.77. The molecular formula is C10H15N3O5S. The van der Waals surface area contributed by atoms with E-state index in [1.165, 1.54) is 0 Å². The molecule has 0 spiro atoms. The molecule has 1 atom stereocenters. The number of urea groups is 1. The molecular weight excluding hydrogens is 274 g/mol. The molecule has 19 heavy (non-hydrogen) atoms. The third-order valence-corrected chi connectivity index (χ3v) is 3.29. The molecule has 0 radical (unpaired) electrons. The molecule has 0 aromatic carbocycles. The first-order chi connectivity index (χ1) is 9.02. The Kier molecular flexibility index (Phi) is 6.13. The molecule has 106 valence electrons. The molecule has 9 heteroatoms. The summed E-state index contributed by atoms with van der Waals surface area (Å²) in [7, 11) is 0. The van der Waals surface area contributed by atoms with E-state index in [2.05, 4.69) is 16.0 Å². The Morgan fingerprint density at radius 1 is 1.37 bits per heavy atom. The maximum Gasteiger partial charge on any atom is 0.327 e. The van der Waals surface area contributed by atoms with Crippen molar-refractivity contribution in [1.82, 2.24) is 16.0 Å². The van der Waals surface area contributed by atoms with Crippen LogP contribution >= 0.6 is 11.8 Å². The third kappa shape index (κ3) is 6.65. The summed E-state index contributed by atoms with van der Waals surface area (Å²) in [5, 5.41) is 15.6. The van der Waals surface area contributed by atoms with Gasteiger partial charge in [0.1, 0.15) is 6.04 Å². The van der Waals surface area contributed by atoms with Gasteiger partial charge in [-0.1, -0.05) is 0 Å². The van der Waals surface area contributed by atoms with E-state index in [1.807, 2.05) is 0 Å². The number of amides is 4. The summed E-state index contributed by atoms with van der Waals surface area (Å²) < 4.78 is 0. The smallest absolute Gasteiger partial charge is 0.327 e. The lowest BCUT2D eigenvalue weighted by Gasteiger charge is -2.10. The Labute approximate surface area is 113 Å². The molecule has 0 bridgehead atoms. The Morgan fingerprint density at radius 2 is 2.05 bits per heavy atom. The maximum absolute atomic E-state index is 11.3. The number of rotatable bonds is 8. The van der Waals surface area contributed by atoms with Crippen LogP contribution in [-0.2, 0) is 14.4 Å². The van der Waals surface area contributed by atoms with Gasteiger partial charge in [0.15, 0.2) is 0 Å². The van der Waals surface area contributed by atoms with Gasteiger partial charge >= 0.3 is 12.0 Å². The predicted molar refractivity (Wildman–Crippen MR) is 67.6 cm³/mol. The molecule has 0 saturated heterocycles. The van der Waals surface area contributed by atoms with E-state index in [4.69, 9.17) is 5.11 Å². The van der Waals surface area contributed by atoms with Crippen LogP contribution in [0.2, 0.25) is 0 Å². The molecule has 8 nitrogen and oxygen atoms in total. The van der Waals surface area contributed by atoms with Gasteiger partial charge < -0.3 is 15.7 Å². The van der Waals surface area contributed by atoms with Crippen LogP contribution in [0.4, 0.5) is 4.79 Å².